The maximum absolute atomic E-state index is 13.7. The number of benzene rings is 3. The zero-order chi connectivity index (χ0) is 26.2. The Hall–Kier alpha value is -3.60. The van der Waals surface area contributed by atoms with E-state index in [1.807, 2.05) is 18.2 Å². The summed E-state index contributed by atoms with van der Waals surface area (Å²) in [6.45, 7) is 6.44. The van der Waals surface area contributed by atoms with Crippen molar-refractivity contribution in [2.24, 2.45) is 5.41 Å². The Bertz CT molecular complexity index is 1400. The van der Waals surface area contributed by atoms with E-state index in [2.05, 4.69) is 56.4 Å². The molecule has 5 rings (SSSR count). The van der Waals surface area contributed by atoms with Gasteiger partial charge in [-0.1, -0.05) is 70.0 Å². The van der Waals surface area contributed by atoms with Crippen LogP contribution in [-0.4, -0.2) is 18.9 Å². The lowest BCUT2D eigenvalue weighted by atomic mass is 9.68. The minimum absolute atomic E-state index is 0.112. The third kappa shape index (κ3) is 4.87. The monoisotopic (exact) mass is 497 g/mol. The second-order valence-corrected chi connectivity index (χ2v) is 11.0. The van der Waals surface area contributed by atoms with Gasteiger partial charge in [0.25, 0.3) is 0 Å². The number of hydrogen-bond donors (Lipinski definition) is 1. The number of methoxy groups -OCH3 is 1. The van der Waals surface area contributed by atoms with Crippen LogP contribution in [0.25, 0.3) is 16.3 Å². The van der Waals surface area contributed by atoms with Crippen molar-refractivity contribution in [1.82, 2.24) is 0 Å². The largest absolute Gasteiger partial charge is 0.493 e. The van der Waals surface area contributed by atoms with Crippen LogP contribution < -0.4 is 14.8 Å². The lowest BCUT2D eigenvalue weighted by molar-refractivity contribution is -0.134. The first-order valence-electron chi connectivity index (χ1n) is 13.2. The van der Waals surface area contributed by atoms with Crippen molar-refractivity contribution in [3.8, 4) is 11.5 Å². The molecule has 1 aliphatic heterocycles. The molecule has 0 aromatic heterocycles. The summed E-state index contributed by atoms with van der Waals surface area (Å²) in [7, 11) is 1.57. The van der Waals surface area contributed by atoms with E-state index < -0.39 is 0 Å². The zero-order valence-corrected chi connectivity index (χ0v) is 22.1. The molecule has 1 N–H and O–H groups in total. The number of rotatable bonds is 7. The van der Waals surface area contributed by atoms with Crippen LogP contribution in [0.15, 0.2) is 60.2 Å². The van der Waals surface area contributed by atoms with E-state index in [4.69, 9.17) is 9.47 Å². The number of anilines is 1. The minimum atomic E-state index is -0.310. The van der Waals surface area contributed by atoms with E-state index in [0.717, 1.165) is 64.4 Å². The average molecular weight is 498 g/mol. The topological polar surface area (TPSA) is 64.6 Å². The highest BCUT2D eigenvalue weighted by molar-refractivity contribution is 6.12. The number of ketones is 1. The highest BCUT2D eigenvalue weighted by Gasteiger charge is 2.41. The summed E-state index contributed by atoms with van der Waals surface area (Å²) in [5, 5.41) is 5.99. The molecule has 1 heterocycles. The number of allylic oxidation sites excluding steroid dienone is 1. The van der Waals surface area contributed by atoms with Crippen LogP contribution in [0, 0.1) is 5.41 Å². The molecule has 0 fully saturated rings. The summed E-state index contributed by atoms with van der Waals surface area (Å²) in [6, 6.07) is 17.9. The standard InChI is InChI=1S/C32H35NO4/c1-5-6-7-12-28(35)37-26-16-14-21(17-27(26)36-4)31-30-23(18-32(2,3)19-25(30)34)29-22-11-9-8-10-20(22)13-15-24(29)33-31/h8-11,13-17,31,33H,5-7,12,18-19H2,1-4H3/t31-/m1/s1. The summed E-state index contributed by atoms with van der Waals surface area (Å²) in [5.41, 5.74) is 4.91. The van der Waals surface area contributed by atoms with Gasteiger partial charge in [0.1, 0.15) is 0 Å². The number of ether oxygens (including phenoxy) is 2. The van der Waals surface area contributed by atoms with Gasteiger partial charge in [0, 0.05) is 29.7 Å². The molecule has 2 aliphatic rings. The van der Waals surface area contributed by atoms with Crippen LogP contribution >= 0.6 is 0 Å². The maximum Gasteiger partial charge on any atom is 0.311 e. The van der Waals surface area contributed by atoms with Gasteiger partial charge in [-0.15, -0.1) is 0 Å². The Morgan fingerprint density at radius 1 is 1.03 bits per heavy atom. The molecule has 37 heavy (non-hydrogen) atoms. The van der Waals surface area contributed by atoms with Gasteiger partial charge in [0.2, 0.25) is 0 Å². The van der Waals surface area contributed by atoms with Crippen molar-refractivity contribution in [1.29, 1.82) is 0 Å². The summed E-state index contributed by atoms with van der Waals surface area (Å²) < 4.78 is 11.2. The summed E-state index contributed by atoms with van der Waals surface area (Å²) >= 11 is 0. The molecule has 5 heteroatoms. The molecule has 0 bridgehead atoms. The van der Waals surface area contributed by atoms with Gasteiger partial charge < -0.3 is 14.8 Å². The molecule has 192 valence electrons. The number of fused-ring (bicyclic) bond motifs is 4. The van der Waals surface area contributed by atoms with Crippen LogP contribution in [0.2, 0.25) is 0 Å². The van der Waals surface area contributed by atoms with Crippen LogP contribution in [0.3, 0.4) is 0 Å². The molecule has 0 unspecified atom stereocenters. The third-order valence-corrected chi connectivity index (χ3v) is 7.47. The van der Waals surface area contributed by atoms with Crippen molar-refractivity contribution in [2.45, 2.75) is 65.3 Å². The van der Waals surface area contributed by atoms with Crippen LogP contribution in [-0.2, 0) is 9.59 Å². The lowest BCUT2D eigenvalue weighted by Crippen LogP contribution is -2.33. The Kier molecular flexibility index (Phi) is 6.80. The summed E-state index contributed by atoms with van der Waals surface area (Å²) in [6.07, 6.45) is 4.58. The fraction of sp³-hybridized carbons (Fsp3) is 0.375. The SMILES string of the molecule is CCCCCC(=O)Oc1ccc([C@H]2Nc3ccc4ccccc4c3C3=C2C(=O)CC(C)(C)C3)cc1OC. The second kappa shape index (κ2) is 10.0. The molecule has 0 amide bonds. The Labute approximate surface area is 218 Å². The molecule has 3 aromatic carbocycles. The fourth-order valence-electron chi connectivity index (χ4n) is 5.73. The highest BCUT2D eigenvalue weighted by Crippen LogP contribution is 2.52. The number of carbonyl (C=O) groups excluding carboxylic acids is 2. The summed E-state index contributed by atoms with van der Waals surface area (Å²) in [4.78, 5) is 26.0. The van der Waals surface area contributed by atoms with Crippen LogP contribution in [0.1, 0.15) is 76.5 Å². The van der Waals surface area contributed by atoms with Gasteiger partial charge in [-0.2, -0.15) is 0 Å². The number of esters is 1. The number of Topliss-reactive ketones (excluding diaryl/α,β-unsaturated/α-hetero) is 1. The highest BCUT2D eigenvalue weighted by atomic mass is 16.6. The first-order valence-corrected chi connectivity index (χ1v) is 13.2. The second-order valence-electron chi connectivity index (χ2n) is 11.0. The van der Waals surface area contributed by atoms with Gasteiger partial charge in [0.15, 0.2) is 17.3 Å². The van der Waals surface area contributed by atoms with Crippen molar-refractivity contribution in [3.05, 3.63) is 71.3 Å². The van der Waals surface area contributed by atoms with E-state index in [-0.39, 0.29) is 23.2 Å². The molecular weight excluding hydrogens is 462 g/mol. The average Bonchev–Trinajstić information content (AvgIpc) is 2.87. The normalized spacial score (nSPS) is 18.2. The predicted octanol–water partition coefficient (Wildman–Crippen LogP) is 7.64. The Morgan fingerprint density at radius 3 is 2.62 bits per heavy atom. The quantitative estimate of drug-likeness (QED) is 0.206. The van der Waals surface area contributed by atoms with Crippen LogP contribution in [0.4, 0.5) is 5.69 Å². The van der Waals surface area contributed by atoms with Crippen molar-refractivity contribution >= 4 is 33.8 Å². The van der Waals surface area contributed by atoms with E-state index >= 15 is 0 Å². The number of hydrogen-bond acceptors (Lipinski definition) is 5. The van der Waals surface area contributed by atoms with Gasteiger partial charge in [-0.25, -0.2) is 0 Å². The molecule has 0 radical (unpaired) electrons. The van der Waals surface area contributed by atoms with E-state index in [1.165, 1.54) is 0 Å². The zero-order valence-electron chi connectivity index (χ0n) is 22.1. The number of unbranched alkanes of at least 4 members (excludes halogenated alkanes) is 2. The Balaban J connectivity index is 1.57. The van der Waals surface area contributed by atoms with Crippen molar-refractivity contribution in [2.75, 3.05) is 12.4 Å². The van der Waals surface area contributed by atoms with Gasteiger partial charge >= 0.3 is 5.97 Å². The van der Waals surface area contributed by atoms with E-state index in [0.29, 0.717) is 24.3 Å². The van der Waals surface area contributed by atoms with E-state index in [9.17, 15) is 9.59 Å². The van der Waals surface area contributed by atoms with Crippen molar-refractivity contribution in [3.63, 3.8) is 0 Å². The Morgan fingerprint density at radius 2 is 1.84 bits per heavy atom. The third-order valence-electron chi connectivity index (χ3n) is 7.47. The first-order chi connectivity index (χ1) is 17.8. The molecule has 1 aliphatic carbocycles. The van der Waals surface area contributed by atoms with E-state index in [1.54, 1.807) is 13.2 Å². The maximum atomic E-state index is 13.7. The summed E-state index contributed by atoms with van der Waals surface area (Å²) in [5.74, 6) is 0.803. The van der Waals surface area contributed by atoms with Crippen LogP contribution in [0.5, 0.6) is 11.5 Å². The minimum Gasteiger partial charge on any atom is -0.493 e. The molecule has 0 spiro atoms. The molecule has 3 aromatic rings. The smallest absolute Gasteiger partial charge is 0.311 e. The molecular formula is C32H35NO4. The van der Waals surface area contributed by atoms with Gasteiger partial charge in [-0.05, 0) is 58.4 Å². The number of carbonyl (C=O) groups is 2. The molecule has 0 saturated carbocycles. The molecule has 5 nitrogen and oxygen atoms in total. The number of nitrogens with one attached hydrogen (secondary N) is 1. The fourth-order valence-corrected chi connectivity index (χ4v) is 5.73. The predicted molar refractivity (Wildman–Crippen MR) is 148 cm³/mol. The molecule has 1 atom stereocenters. The van der Waals surface area contributed by atoms with Gasteiger partial charge in [0.05, 0.1) is 13.2 Å². The molecule has 0 saturated heterocycles. The van der Waals surface area contributed by atoms with Crippen molar-refractivity contribution < 1.29 is 19.1 Å². The van der Waals surface area contributed by atoms with Gasteiger partial charge in [-0.3, -0.25) is 9.59 Å². The first kappa shape index (κ1) is 25.1. The lowest BCUT2D eigenvalue weighted by Gasteiger charge is -2.40.